The number of aryl methyl sites for hydroxylation is 2. The Morgan fingerprint density at radius 3 is 1.73 bits per heavy atom. The predicted molar refractivity (Wildman–Crippen MR) is 62.2 cm³/mol. The lowest BCUT2D eigenvalue weighted by atomic mass is 10.1. The molecule has 0 saturated carbocycles. The van der Waals surface area contributed by atoms with Gasteiger partial charge in [-0.1, -0.05) is 6.07 Å². The van der Waals surface area contributed by atoms with Crippen molar-refractivity contribution in [1.82, 2.24) is 0 Å². The highest BCUT2D eigenvalue weighted by Gasteiger charge is 2.12. The molecule has 0 spiro atoms. The SMILES string of the molecule is Cc1cc(C)cc(N(C(=N)N)C(=N)N)c1. The average molecular weight is 205 g/mol. The highest BCUT2D eigenvalue weighted by Crippen LogP contribution is 2.17. The Hall–Kier alpha value is -2.04. The molecule has 0 radical (unpaired) electrons. The number of hydrogen-bond acceptors (Lipinski definition) is 2. The zero-order valence-corrected chi connectivity index (χ0v) is 8.83. The molecule has 5 heteroatoms. The fourth-order valence-electron chi connectivity index (χ4n) is 1.49. The third-order valence-electron chi connectivity index (χ3n) is 1.95. The Kier molecular flexibility index (Phi) is 2.94. The van der Waals surface area contributed by atoms with E-state index >= 15 is 0 Å². The van der Waals surface area contributed by atoms with Gasteiger partial charge in [0, 0.05) is 0 Å². The van der Waals surface area contributed by atoms with Crippen molar-refractivity contribution >= 4 is 17.6 Å². The minimum Gasteiger partial charge on any atom is -0.369 e. The summed E-state index contributed by atoms with van der Waals surface area (Å²) in [5.41, 5.74) is 13.4. The first-order valence-corrected chi connectivity index (χ1v) is 4.48. The van der Waals surface area contributed by atoms with Gasteiger partial charge in [-0.2, -0.15) is 0 Å². The van der Waals surface area contributed by atoms with Gasteiger partial charge in [0.05, 0.1) is 5.69 Å². The normalized spacial score (nSPS) is 9.73. The molecular formula is C10H15N5. The molecule has 6 N–H and O–H groups in total. The molecule has 0 atom stereocenters. The van der Waals surface area contributed by atoms with Crippen molar-refractivity contribution in [2.75, 3.05) is 4.90 Å². The minimum atomic E-state index is -0.257. The van der Waals surface area contributed by atoms with Gasteiger partial charge in [0.2, 0.25) is 0 Å². The number of benzene rings is 1. The van der Waals surface area contributed by atoms with E-state index in [0.717, 1.165) is 11.1 Å². The van der Waals surface area contributed by atoms with E-state index in [1.165, 1.54) is 4.90 Å². The van der Waals surface area contributed by atoms with Gasteiger partial charge in [0.15, 0.2) is 11.9 Å². The molecule has 0 aliphatic carbocycles. The molecule has 0 unspecified atom stereocenters. The van der Waals surface area contributed by atoms with E-state index in [4.69, 9.17) is 22.3 Å². The van der Waals surface area contributed by atoms with E-state index in [0.29, 0.717) is 5.69 Å². The van der Waals surface area contributed by atoms with Crippen LogP contribution in [0, 0.1) is 24.7 Å². The molecule has 0 fully saturated rings. The van der Waals surface area contributed by atoms with Crippen LogP contribution in [0.25, 0.3) is 0 Å². The summed E-state index contributed by atoms with van der Waals surface area (Å²) < 4.78 is 0. The molecule has 0 aliphatic rings. The van der Waals surface area contributed by atoms with Gasteiger partial charge in [0.25, 0.3) is 0 Å². The molecule has 0 aliphatic heterocycles. The Labute approximate surface area is 88.7 Å². The quantitative estimate of drug-likeness (QED) is 0.404. The van der Waals surface area contributed by atoms with Crippen LogP contribution in [0.1, 0.15) is 11.1 Å². The largest absolute Gasteiger partial charge is 0.369 e. The van der Waals surface area contributed by atoms with Gasteiger partial charge in [-0.15, -0.1) is 0 Å². The molecule has 1 aromatic rings. The number of rotatable bonds is 1. The van der Waals surface area contributed by atoms with Crippen molar-refractivity contribution in [2.24, 2.45) is 11.5 Å². The van der Waals surface area contributed by atoms with Gasteiger partial charge in [-0.25, -0.2) is 0 Å². The van der Waals surface area contributed by atoms with Crippen LogP contribution in [0.2, 0.25) is 0 Å². The van der Waals surface area contributed by atoms with Crippen LogP contribution in [0.15, 0.2) is 18.2 Å². The van der Waals surface area contributed by atoms with Crippen molar-refractivity contribution in [3.05, 3.63) is 29.3 Å². The summed E-state index contributed by atoms with van der Waals surface area (Å²) in [5, 5.41) is 14.7. The lowest BCUT2D eigenvalue weighted by Gasteiger charge is -2.21. The van der Waals surface area contributed by atoms with Crippen LogP contribution in [-0.2, 0) is 0 Å². The van der Waals surface area contributed by atoms with Crippen LogP contribution in [0.4, 0.5) is 5.69 Å². The van der Waals surface area contributed by atoms with Gasteiger partial charge in [-0.3, -0.25) is 15.7 Å². The highest BCUT2D eigenvalue weighted by molar-refractivity contribution is 6.14. The van der Waals surface area contributed by atoms with Crippen LogP contribution in [-0.4, -0.2) is 11.9 Å². The second kappa shape index (κ2) is 4.00. The summed E-state index contributed by atoms with van der Waals surface area (Å²) >= 11 is 0. The van der Waals surface area contributed by atoms with E-state index in [2.05, 4.69) is 0 Å². The maximum atomic E-state index is 7.34. The molecule has 15 heavy (non-hydrogen) atoms. The summed E-state index contributed by atoms with van der Waals surface area (Å²) in [6.07, 6.45) is 0. The van der Waals surface area contributed by atoms with Crippen molar-refractivity contribution in [2.45, 2.75) is 13.8 Å². The van der Waals surface area contributed by atoms with Gasteiger partial charge in [-0.05, 0) is 37.1 Å². The summed E-state index contributed by atoms with van der Waals surface area (Å²) in [7, 11) is 0. The van der Waals surface area contributed by atoms with Crippen molar-refractivity contribution in [3.63, 3.8) is 0 Å². The third kappa shape index (κ3) is 2.46. The van der Waals surface area contributed by atoms with Gasteiger partial charge in [0.1, 0.15) is 0 Å². The maximum Gasteiger partial charge on any atom is 0.200 e. The second-order valence-electron chi connectivity index (χ2n) is 3.45. The van der Waals surface area contributed by atoms with Gasteiger partial charge >= 0.3 is 0 Å². The van der Waals surface area contributed by atoms with E-state index in [1.54, 1.807) is 0 Å². The van der Waals surface area contributed by atoms with Crippen LogP contribution >= 0.6 is 0 Å². The number of guanidine groups is 2. The fourth-order valence-corrected chi connectivity index (χ4v) is 1.49. The minimum absolute atomic E-state index is 0.257. The Bertz CT molecular complexity index is 376. The smallest absolute Gasteiger partial charge is 0.200 e. The summed E-state index contributed by atoms with van der Waals surface area (Å²) in [6, 6.07) is 5.66. The summed E-state index contributed by atoms with van der Waals surface area (Å²) in [6.45, 7) is 3.88. The Balaban J connectivity index is 3.22. The monoisotopic (exact) mass is 205 g/mol. The number of hydrogen-bond donors (Lipinski definition) is 4. The van der Waals surface area contributed by atoms with E-state index < -0.39 is 0 Å². The molecule has 0 amide bonds. The second-order valence-corrected chi connectivity index (χ2v) is 3.45. The average Bonchev–Trinajstić information content (AvgIpc) is 1.99. The van der Waals surface area contributed by atoms with E-state index in [1.807, 2.05) is 32.0 Å². The third-order valence-corrected chi connectivity index (χ3v) is 1.95. The van der Waals surface area contributed by atoms with Crippen LogP contribution < -0.4 is 16.4 Å². The molecule has 0 heterocycles. The number of nitrogens with two attached hydrogens (primary N) is 2. The fraction of sp³-hybridized carbons (Fsp3) is 0.200. The van der Waals surface area contributed by atoms with Crippen molar-refractivity contribution < 1.29 is 0 Å². The predicted octanol–water partition coefficient (Wildman–Crippen LogP) is 0.897. The van der Waals surface area contributed by atoms with Crippen LogP contribution in [0.5, 0.6) is 0 Å². The molecular weight excluding hydrogens is 190 g/mol. The topological polar surface area (TPSA) is 103 Å². The zero-order chi connectivity index (χ0) is 11.6. The summed E-state index contributed by atoms with van der Waals surface area (Å²) in [5.74, 6) is -0.514. The summed E-state index contributed by atoms with van der Waals surface area (Å²) in [4.78, 5) is 1.18. The maximum absolute atomic E-state index is 7.34. The molecule has 1 rings (SSSR count). The van der Waals surface area contributed by atoms with Crippen molar-refractivity contribution in [1.29, 1.82) is 10.8 Å². The first-order chi connectivity index (χ1) is 6.91. The number of nitrogens with zero attached hydrogens (tertiary/aromatic N) is 1. The number of nitrogens with one attached hydrogen (secondary N) is 2. The van der Waals surface area contributed by atoms with Gasteiger partial charge < -0.3 is 11.5 Å². The van der Waals surface area contributed by atoms with E-state index in [-0.39, 0.29) is 11.9 Å². The lowest BCUT2D eigenvalue weighted by molar-refractivity contribution is 1.22. The molecule has 5 nitrogen and oxygen atoms in total. The molecule has 0 saturated heterocycles. The molecule has 80 valence electrons. The Morgan fingerprint density at radius 2 is 1.40 bits per heavy atom. The zero-order valence-electron chi connectivity index (χ0n) is 8.83. The van der Waals surface area contributed by atoms with E-state index in [9.17, 15) is 0 Å². The van der Waals surface area contributed by atoms with Crippen LogP contribution in [0.3, 0.4) is 0 Å². The Morgan fingerprint density at radius 1 is 1.00 bits per heavy atom. The highest BCUT2D eigenvalue weighted by atomic mass is 15.3. The molecule has 1 aromatic carbocycles. The standard InChI is InChI=1S/C10H15N5/c1-6-3-7(2)5-8(4-6)15(9(11)12)10(13)14/h3-5H,1-2H3,(H3,11,12)(H3,13,14). The lowest BCUT2D eigenvalue weighted by Crippen LogP contribution is -2.45. The number of anilines is 1. The molecule has 0 bridgehead atoms. The molecule has 0 aromatic heterocycles. The first-order valence-electron chi connectivity index (χ1n) is 4.48. The first kappa shape index (κ1) is 11.0. The van der Waals surface area contributed by atoms with Crippen molar-refractivity contribution in [3.8, 4) is 0 Å².